The molecular formula is C11H13Cl2F3N2O2S. The fourth-order valence-electron chi connectivity index (χ4n) is 1.69. The first-order valence-electron chi connectivity index (χ1n) is 5.80. The van der Waals surface area contributed by atoms with Crippen LogP contribution in [0.4, 0.5) is 18.9 Å². The fraction of sp³-hybridized carbons (Fsp3) is 0.455. The zero-order valence-electron chi connectivity index (χ0n) is 10.9. The minimum Gasteiger partial charge on any atom is -0.399 e. The Morgan fingerprint density at radius 1 is 1.24 bits per heavy atom. The van der Waals surface area contributed by atoms with Crippen LogP contribution in [0.2, 0.25) is 10.0 Å². The molecule has 0 bridgehead atoms. The van der Waals surface area contributed by atoms with Gasteiger partial charge in [0.1, 0.15) is 11.4 Å². The molecule has 0 unspecified atom stereocenters. The molecule has 0 saturated carbocycles. The van der Waals surface area contributed by atoms with Crippen molar-refractivity contribution in [2.75, 3.05) is 18.8 Å². The summed E-state index contributed by atoms with van der Waals surface area (Å²) in [5.74, 6) is 0. The number of rotatable bonds is 5. The molecular weight excluding hydrogens is 352 g/mol. The van der Waals surface area contributed by atoms with Gasteiger partial charge in [0.2, 0.25) is 10.0 Å². The average molecular weight is 365 g/mol. The van der Waals surface area contributed by atoms with Gasteiger partial charge in [-0.3, -0.25) is 0 Å². The Kier molecular flexibility index (Phi) is 5.76. The van der Waals surface area contributed by atoms with Crippen LogP contribution < -0.4 is 5.73 Å². The molecule has 10 heteroatoms. The molecule has 21 heavy (non-hydrogen) atoms. The normalized spacial score (nSPS) is 12.9. The summed E-state index contributed by atoms with van der Waals surface area (Å²) in [6, 6.07) is 2.25. The maximum absolute atomic E-state index is 12.5. The van der Waals surface area contributed by atoms with E-state index in [0.717, 1.165) is 12.1 Å². The van der Waals surface area contributed by atoms with Gasteiger partial charge >= 0.3 is 6.18 Å². The minimum atomic E-state index is -4.67. The molecule has 1 aromatic rings. The molecule has 0 atom stereocenters. The minimum absolute atomic E-state index is 0.113. The second-order valence-electron chi connectivity index (χ2n) is 4.27. The van der Waals surface area contributed by atoms with Gasteiger partial charge in [-0.2, -0.15) is 17.5 Å². The van der Waals surface area contributed by atoms with E-state index in [0.29, 0.717) is 4.31 Å². The number of hydrogen-bond donors (Lipinski definition) is 1. The van der Waals surface area contributed by atoms with E-state index in [1.165, 1.54) is 0 Å². The lowest BCUT2D eigenvalue weighted by Crippen LogP contribution is -2.39. The highest BCUT2D eigenvalue weighted by Crippen LogP contribution is 2.35. The van der Waals surface area contributed by atoms with Crippen LogP contribution in [0.1, 0.15) is 13.3 Å². The molecule has 1 rings (SSSR count). The topological polar surface area (TPSA) is 63.4 Å². The van der Waals surface area contributed by atoms with Crippen molar-refractivity contribution in [1.82, 2.24) is 4.31 Å². The highest BCUT2D eigenvalue weighted by Gasteiger charge is 2.38. The van der Waals surface area contributed by atoms with E-state index in [1.54, 1.807) is 6.92 Å². The van der Waals surface area contributed by atoms with Crippen LogP contribution >= 0.6 is 23.2 Å². The van der Waals surface area contributed by atoms with Crippen LogP contribution in [0.3, 0.4) is 0 Å². The van der Waals surface area contributed by atoms with Crippen molar-refractivity contribution in [2.45, 2.75) is 24.4 Å². The molecule has 2 N–H and O–H groups in total. The molecule has 0 amide bonds. The molecule has 4 nitrogen and oxygen atoms in total. The third kappa shape index (κ3) is 4.64. The quantitative estimate of drug-likeness (QED) is 0.812. The molecule has 1 aromatic carbocycles. The van der Waals surface area contributed by atoms with Crippen LogP contribution in [0, 0.1) is 0 Å². The highest BCUT2D eigenvalue weighted by atomic mass is 35.5. The first-order chi connectivity index (χ1) is 9.49. The molecule has 0 radical (unpaired) electrons. The number of anilines is 1. The number of nitrogens with zero attached hydrogens (tertiary/aromatic N) is 1. The molecule has 0 heterocycles. The first-order valence-corrected chi connectivity index (χ1v) is 8.00. The third-order valence-corrected chi connectivity index (χ3v) is 5.21. The zero-order valence-corrected chi connectivity index (χ0v) is 13.2. The van der Waals surface area contributed by atoms with Crippen LogP contribution in [-0.2, 0) is 10.0 Å². The van der Waals surface area contributed by atoms with Crippen molar-refractivity contribution >= 4 is 38.9 Å². The van der Waals surface area contributed by atoms with Crippen LogP contribution in [0.15, 0.2) is 17.0 Å². The van der Waals surface area contributed by atoms with Crippen LogP contribution in [-0.4, -0.2) is 32.0 Å². The van der Waals surface area contributed by atoms with Gasteiger partial charge in [-0.05, 0) is 18.6 Å². The zero-order chi connectivity index (χ0) is 16.4. The summed E-state index contributed by atoms with van der Waals surface area (Å²) in [6.07, 6.45) is -4.46. The third-order valence-electron chi connectivity index (χ3n) is 2.45. The van der Waals surface area contributed by atoms with Crippen molar-refractivity contribution < 1.29 is 21.6 Å². The SMILES string of the molecule is CCCN(CC(F)(F)F)S(=O)(=O)c1c(Cl)cc(N)cc1Cl. The first kappa shape index (κ1) is 18.3. The van der Waals surface area contributed by atoms with Gasteiger partial charge in [0.15, 0.2) is 0 Å². The summed E-state index contributed by atoms with van der Waals surface area (Å²) in [6.45, 7) is -0.357. The lowest BCUT2D eigenvalue weighted by Gasteiger charge is -2.24. The Labute approximate surface area is 130 Å². The van der Waals surface area contributed by atoms with Gasteiger partial charge in [-0.15, -0.1) is 0 Å². The number of nitrogen functional groups attached to an aromatic ring is 1. The largest absolute Gasteiger partial charge is 0.402 e. The van der Waals surface area contributed by atoms with E-state index in [1.807, 2.05) is 0 Å². The summed E-state index contributed by atoms with van der Waals surface area (Å²) in [4.78, 5) is -0.572. The van der Waals surface area contributed by atoms with E-state index >= 15 is 0 Å². The lowest BCUT2D eigenvalue weighted by molar-refractivity contribution is -0.136. The van der Waals surface area contributed by atoms with Crippen LogP contribution in [0.5, 0.6) is 0 Å². The summed E-state index contributed by atoms with van der Waals surface area (Å²) >= 11 is 11.6. The van der Waals surface area contributed by atoms with Gasteiger partial charge in [0.25, 0.3) is 0 Å². The van der Waals surface area contributed by atoms with Crippen molar-refractivity contribution in [1.29, 1.82) is 0 Å². The molecule has 0 aromatic heterocycles. The molecule has 0 aliphatic rings. The van der Waals surface area contributed by atoms with Crippen molar-refractivity contribution in [3.8, 4) is 0 Å². The molecule has 0 spiro atoms. The van der Waals surface area contributed by atoms with Crippen LogP contribution in [0.25, 0.3) is 0 Å². The van der Waals surface area contributed by atoms with Gasteiger partial charge in [-0.25, -0.2) is 8.42 Å². The average Bonchev–Trinajstić information content (AvgIpc) is 2.24. The van der Waals surface area contributed by atoms with E-state index in [-0.39, 0.29) is 28.7 Å². The summed E-state index contributed by atoms with van der Waals surface area (Å²) in [5.41, 5.74) is 5.56. The summed E-state index contributed by atoms with van der Waals surface area (Å²) in [7, 11) is -4.48. The second kappa shape index (κ2) is 6.60. The standard InChI is InChI=1S/C11H13Cl2F3N2O2S/c1-2-3-18(6-11(14,15)16)21(19,20)10-8(12)4-7(17)5-9(10)13/h4-5H,2-3,6,17H2,1H3. The highest BCUT2D eigenvalue weighted by molar-refractivity contribution is 7.89. The molecule has 0 fully saturated rings. The Morgan fingerprint density at radius 3 is 2.10 bits per heavy atom. The van der Waals surface area contributed by atoms with Crippen molar-refractivity contribution in [2.24, 2.45) is 0 Å². The van der Waals surface area contributed by atoms with E-state index in [9.17, 15) is 21.6 Å². The van der Waals surface area contributed by atoms with E-state index in [2.05, 4.69) is 0 Å². The molecule has 120 valence electrons. The Morgan fingerprint density at radius 2 is 1.71 bits per heavy atom. The van der Waals surface area contributed by atoms with Gasteiger partial charge in [0.05, 0.1) is 10.0 Å². The number of hydrogen-bond acceptors (Lipinski definition) is 3. The maximum atomic E-state index is 12.5. The monoisotopic (exact) mass is 364 g/mol. The molecule has 0 saturated heterocycles. The fourth-order valence-corrected chi connectivity index (χ4v) is 4.39. The Hall–Kier alpha value is -0.700. The number of sulfonamides is 1. The van der Waals surface area contributed by atoms with Gasteiger partial charge in [-0.1, -0.05) is 30.1 Å². The van der Waals surface area contributed by atoms with Gasteiger partial charge < -0.3 is 5.73 Å². The maximum Gasteiger partial charge on any atom is 0.402 e. The number of halogens is 5. The number of nitrogens with two attached hydrogens (primary N) is 1. The Balaban J connectivity index is 3.36. The van der Waals surface area contributed by atoms with Crippen molar-refractivity contribution in [3.63, 3.8) is 0 Å². The smallest absolute Gasteiger partial charge is 0.399 e. The Bertz CT molecular complexity index is 597. The lowest BCUT2D eigenvalue weighted by atomic mass is 10.3. The predicted molar refractivity (Wildman–Crippen MR) is 76.0 cm³/mol. The number of benzene rings is 1. The summed E-state index contributed by atoms with van der Waals surface area (Å²) < 4.78 is 62.7. The van der Waals surface area contributed by atoms with E-state index in [4.69, 9.17) is 28.9 Å². The second-order valence-corrected chi connectivity index (χ2v) is 6.96. The molecule has 0 aliphatic carbocycles. The number of alkyl halides is 3. The van der Waals surface area contributed by atoms with E-state index < -0.39 is 27.6 Å². The predicted octanol–water partition coefficient (Wildman–Crippen LogP) is 3.54. The van der Waals surface area contributed by atoms with Crippen molar-refractivity contribution in [3.05, 3.63) is 22.2 Å². The summed E-state index contributed by atoms with van der Waals surface area (Å²) in [5, 5.41) is -0.633. The molecule has 0 aliphatic heterocycles. The van der Waals surface area contributed by atoms with Gasteiger partial charge in [0, 0.05) is 12.2 Å².